The van der Waals surface area contributed by atoms with E-state index in [4.69, 9.17) is 27.9 Å². The third-order valence-electron chi connectivity index (χ3n) is 4.60. The van der Waals surface area contributed by atoms with Crippen LogP contribution in [-0.2, 0) is 0 Å². The second-order valence-corrected chi connectivity index (χ2v) is 7.57. The molecule has 152 valence electrons. The fourth-order valence-electron chi connectivity index (χ4n) is 3.10. The van der Waals surface area contributed by atoms with E-state index < -0.39 is 0 Å². The van der Waals surface area contributed by atoms with Gasteiger partial charge in [0.2, 0.25) is 0 Å². The van der Waals surface area contributed by atoms with Crippen molar-refractivity contribution in [2.45, 2.75) is 0 Å². The monoisotopic (exact) mass is 447 g/mol. The summed E-state index contributed by atoms with van der Waals surface area (Å²) < 4.78 is 7.59. The molecule has 0 radical (unpaired) electrons. The van der Waals surface area contributed by atoms with E-state index in [0.29, 0.717) is 21.5 Å². The Balaban J connectivity index is 1.38. The van der Waals surface area contributed by atoms with Crippen LogP contribution in [0.25, 0.3) is 16.7 Å². The normalized spacial score (nSPS) is 10.9. The maximum atomic E-state index is 5.99. The molecule has 0 saturated carbocycles. The summed E-state index contributed by atoms with van der Waals surface area (Å²) >= 11 is 11.9. The predicted octanol–water partition coefficient (Wildman–Crippen LogP) is 6.66. The minimum atomic E-state index is 0.664. The molecule has 6 nitrogen and oxygen atoms in total. The van der Waals surface area contributed by atoms with Crippen LogP contribution in [0, 0.1) is 0 Å². The Kier molecular flexibility index (Phi) is 5.16. The standard InChI is InChI=1S/C23H15Cl2N5O/c24-15-1-7-18(8-2-15)30-23-21(13-28-30)22(26-14-27-23)29-17-5-11-20(12-6-17)31-19-9-3-16(25)4-10-19/h1-14H,(H,26,27,29). The molecule has 0 aliphatic heterocycles. The lowest BCUT2D eigenvalue weighted by atomic mass is 10.3. The van der Waals surface area contributed by atoms with Gasteiger partial charge in [-0.25, -0.2) is 14.6 Å². The van der Waals surface area contributed by atoms with Gasteiger partial charge in [-0.05, 0) is 72.8 Å². The van der Waals surface area contributed by atoms with E-state index in [1.807, 2.05) is 60.7 Å². The van der Waals surface area contributed by atoms with E-state index in [-0.39, 0.29) is 0 Å². The van der Waals surface area contributed by atoms with Crippen molar-refractivity contribution in [1.29, 1.82) is 0 Å². The Morgan fingerprint density at radius 3 is 2.03 bits per heavy atom. The molecule has 5 aromatic rings. The fourth-order valence-corrected chi connectivity index (χ4v) is 3.35. The first-order valence-corrected chi connectivity index (χ1v) is 10.2. The van der Waals surface area contributed by atoms with Crippen molar-refractivity contribution < 1.29 is 4.74 Å². The topological polar surface area (TPSA) is 64.9 Å². The second-order valence-electron chi connectivity index (χ2n) is 6.70. The zero-order valence-corrected chi connectivity index (χ0v) is 17.5. The SMILES string of the molecule is Clc1ccc(Oc2ccc(Nc3ncnc4c3cnn4-c3ccc(Cl)cc3)cc2)cc1. The first-order chi connectivity index (χ1) is 15.2. The van der Waals surface area contributed by atoms with Gasteiger partial charge in [0.05, 0.1) is 17.3 Å². The Bertz CT molecular complexity index is 1330. The van der Waals surface area contributed by atoms with Crippen molar-refractivity contribution in [3.63, 3.8) is 0 Å². The fraction of sp³-hybridized carbons (Fsp3) is 0. The van der Waals surface area contributed by atoms with Gasteiger partial charge in [-0.15, -0.1) is 0 Å². The molecule has 2 heterocycles. The number of hydrogen-bond donors (Lipinski definition) is 1. The predicted molar refractivity (Wildman–Crippen MR) is 123 cm³/mol. The van der Waals surface area contributed by atoms with Gasteiger partial charge in [-0.1, -0.05) is 23.2 Å². The van der Waals surface area contributed by atoms with E-state index in [9.17, 15) is 0 Å². The van der Waals surface area contributed by atoms with Gasteiger partial charge in [0, 0.05) is 15.7 Å². The highest BCUT2D eigenvalue weighted by atomic mass is 35.5. The molecule has 0 amide bonds. The van der Waals surface area contributed by atoms with Crippen molar-refractivity contribution in [2.24, 2.45) is 0 Å². The number of fused-ring (bicyclic) bond motifs is 1. The molecular weight excluding hydrogens is 433 g/mol. The first kappa shape index (κ1) is 19.4. The van der Waals surface area contributed by atoms with Crippen LogP contribution in [0.2, 0.25) is 10.0 Å². The molecule has 0 spiro atoms. The Labute approximate surface area is 188 Å². The number of rotatable bonds is 5. The molecule has 0 aliphatic rings. The summed E-state index contributed by atoms with van der Waals surface area (Å²) in [6.07, 6.45) is 3.25. The Morgan fingerprint density at radius 1 is 0.742 bits per heavy atom. The van der Waals surface area contributed by atoms with Gasteiger partial charge in [-0.2, -0.15) is 5.10 Å². The summed E-state index contributed by atoms with van der Waals surface area (Å²) in [4.78, 5) is 8.78. The molecule has 1 N–H and O–H groups in total. The van der Waals surface area contributed by atoms with Gasteiger partial charge >= 0.3 is 0 Å². The van der Waals surface area contributed by atoms with Crippen LogP contribution in [0.3, 0.4) is 0 Å². The average molecular weight is 448 g/mol. The zero-order chi connectivity index (χ0) is 21.2. The van der Waals surface area contributed by atoms with Crippen LogP contribution in [0.5, 0.6) is 11.5 Å². The van der Waals surface area contributed by atoms with E-state index >= 15 is 0 Å². The number of benzene rings is 3. The summed E-state index contributed by atoms with van der Waals surface area (Å²) in [5.41, 5.74) is 2.43. The smallest absolute Gasteiger partial charge is 0.168 e. The van der Waals surface area contributed by atoms with Gasteiger partial charge < -0.3 is 10.1 Å². The molecule has 0 atom stereocenters. The van der Waals surface area contributed by atoms with Crippen LogP contribution in [0.4, 0.5) is 11.5 Å². The molecule has 0 saturated heterocycles. The third-order valence-corrected chi connectivity index (χ3v) is 5.11. The summed E-state index contributed by atoms with van der Waals surface area (Å²) in [6.45, 7) is 0. The summed E-state index contributed by atoms with van der Waals surface area (Å²) in [5, 5.41) is 9.93. The van der Waals surface area contributed by atoms with Crippen LogP contribution in [0.1, 0.15) is 0 Å². The minimum Gasteiger partial charge on any atom is -0.457 e. The third kappa shape index (κ3) is 4.17. The van der Waals surface area contributed by atoms with Gasteiger partial charge in [0.25, 0.3) is 0 Å². The van der Waals surface area contributed by atoms with Gasteiger partial charge in [0.15, 0.2) is 5.65 Å². The quantitative estimate of drug-likeness (QED) is 0.326. The second kappa shape index (κ2) is 8.26. The van der Waals surface area contributed by atoms with Crippen molar-refractivity contribution in [3.8, 4) is 17.2 Å². The molecule has 0 bridgehead atoms. The number of nitrogens with one attached hydrogen (secondary N) is 1. The van der Waals surface area contributed by atoms with E-state index in [0.717, 1.165) is 28.3 Å². The number of hydrogen-bond acceptors (Lipinski definition) is 5. The molecule has 0 fully saturated rings. The van der Waals surface area contributed by atoms with Crippen LogP contribution >= 0.6 is 23.2 Å². The number of halogens is 2. The molecule has 2 aromatic heterocycles. The number of nitrogens with zero attached hydrogens (tertiary/aromatic N) is 4. The molecule has 0 aliphatic carbocycles. The van der Waals surface area contributed by atoms with E-state index in [1.54, 1.807) is 23.0 Å². The Hall–Kier alpha value is -3.61. The minimum absolute atomic E-state index is 0.664. The van der Waals surface area contributed by atoms with Gasteiger partial charge in [-0.3, -0.25) is 0 Å². The van der Waals surface area contributed by atoms with Crippen molar-refractivity contribution in [1.82, 2.24) is 19.7 Å². The van der Waals surface area contributed by atoms with Crippen molar-refractivity contribution in [2.75, 3.05) is 5.32 Å². The van der Waals surface area contributed by atoms with E-state index in [2.05, 4.69) is 20.4 Å². The molecule has 3 aromatic carbocycles. The first-order valence-electron chi connectivity index (χ1n) is 9.41. The van der Waals surface area contributed by atoms with Crippen LogP contribution < -0.4 is 10.1 Å². The molecule has 31 heavy (non-hydrogen) atoms. The number of aromatic nitrogens is 4. The number of ether oxygens (including phenoxy) is 1. The molecule has 0 unspecified atom stereocenters. The van der Waals surface area contributed by atoms with Crippen LogP contribution in [0.15, 0.2) is 85.3 Å². The lowest BCUT2D eigenvalue weighted by molar-refractivity contribution is 0.483. The Morgan fingerprint density at radius 2 is 1.35 bits per heavy atom. The molecular formula is C23H15Cl2N5O. The highest BCUT2D eigenvalue weighted by Gasteiger charge is 2.11. The maximum absolute atomic E-state index is 5.99. The lowest BCUT2D eigenvalue weighted by Crippen LogP contribution is -1.99. The highest BCUT2D eigenvalue weighted by Crippen LogP contribution is 2.28. The van der Waals surface area contributed by atoms with Crippen molar-refractivity contribution >= 4 is 45.7 Å². The molecule has 5 rings (SSSR count). The average Bonchev–Trinajstić information content (AvgIpc) is 3.22. The summed E-state index contributed by atoms with van der Waals surface area (Å²) in [5.74, 6) is 2.10. The maximum Gasteiger partial charge on any atom is 0.168 e. The van der Waals surface area contributed by atoms with Gasteiger partial charge in [0.1, 0.15) is 23.6 Å². The highest BCUT2D eigenvalue weighted by molar-refractivity contribution is 6.30. The largest absolute Gasteiger partial charge is 0.457 e. The number of anilines is 2. The zero-order valence-electron chi connectivity index (χ0n) is 16.0. The van der Waals surface area contributed by atoms with Crippen LogP contribution in [-0.4, -0.2) is 19.7 Å². The van der Waals surface area contributed by atoms with E-state index in [1.165, 1.54) is 6.33 Å². The van der Waals surface area contributed by atoms with Crippen molar-refractivity contribution in [3.05, 3.63) is 95.4 Å². The summed E-state index contributed by atoms with van der Waals surface area (Å²) in [6, 6.07) is 22.2. The lowest BCUT2D eigenvalue weighted by Gasteiger charge is -2.09. The summed E-state index contributed by atoms with van der Waals surface area (Å²) in [7, 11) is 0. The molecule has 8 heteroatoms.